The first-order chi connectivity index (χ1) is 9.00. The van der Waals surface area contributed by atoms with E-state index >= 15 is 0 Å². The molecule has 0 aromatic heterocycles. The van der Waals surface area contributed by atoms with Crippen molar-refractivity contribution in [2.24, 2.45) is 5.92 Å². The minimum Gasteiger partial charge on any atom is -0.508 e. The fourth-order valence-corrected chi connectivity index (χ4v) is 3.42. The molecule has 106 valence electrons. The van der Waals surface area contributed by atoms with Crippen LogP contribution in [0.15, 0.2) is 18.2 Å². The van der Waals surface area contributed by atoms with Gasteiger partial charge >= 0.3 is 0 Å². The van der Waals surface area contributed by atoms with E-state index in [1.165, 1.54) is 25.7 Å². The van der Waals surface area contributed by atoms with Crippen molar-refractivity contribution < 1.29 is 5.11 Å². The molecule has 19 heavy (non-hydrogen) atoms. The maximum atomic E-state index is 10.1. The summed E-state index contributed by atoms with van der Waals surface area (Å²) in [4.78, 5) is 2.45. The standard InChI is InChI=1S/C17H27NO/c1-12-9-10-15(17(19)11-12)14(3)18(4)16-8-6-5-7-13(16)2/h9-11,13-14,16,19H,5-8H2,1-4H3. The predicted molar refractivity (Wildman–Crippen MR) is 80.4 cm³/mol. The average Bonchev–Trinajstić information content (AvgIpc) is 2.38. The molecule has 2 rings (SSSR count). The molecule has 0 saturated heterocycles. The van der Waals surface area contributed by atoms with E-state index in [0.717, 1.165) is 17.0 Å². The van der Waals surface area contributed by atoms with Gasteiger partial charge in [-0.25, -0.2) is 0 Å². The highest BCUT2D eigenvalue weighted by atomic mass is 16.3. The van der Waals surface area contributed by atoms with Gasteiger partial charge in [0.1, 0.15) is 5.75 Å². The lowest BCUT2D eigenvalue weighted by molar-refractivity contribution is 0.102. The molecule has 2 nitrogen and oxygen atoms in total. The molecule has 1 N–H and O–H groups in total. The summed E-state index contributed by atoms with van der Waals surface area (Å²) in [5, 5.41) is 10.1. The molecule has 0 bridgehead atoms. The van der Waals surface area contributed by atoms with Crippen LogP contribution in [0.25, 0.3) is 0 Å². The predicted octanol–water partition coefficient (Wildman–Crippen LogP) is 4.27. The largest absolute Gasteiger partial charge is 0.508 e. The molecule has 0 spiro atoms. The average molecular weight is 261 g/mol. The Labute approximate surface area is 117 Å². The number of nitrogens with zero attached hydrogens (tertiary/aromatic N) is 1. The van der Waals surface area contributed by atoms with Gasteiger partial charge in [-0.1, -0.05) is 31.9 Å². The number of aromatic hydroxyl groups is 1. The van der Waals surface area contributed by atoms with Crippen molar-refractivity contribution in [2.75, 3.05) is 7.05 Å². The number of aryl methyl sites for hydroxylation is 1. The van der Waals surface area contributed by atoms with Gasteiger partial charge in [-0.05, 0) is 51.3 Å². The quantitative estimate of drug-likeness (QED) is 0.878. The Kier molecular flexibility index (Phi) is 4.51. The van der Waals surface area contributed by atoms with Crippen LogP contribution in [0.1, 0.15) is 56.7 Å². The third kappa shape index (κ3) is 3.11. The van der Waals surface area contributed by atoms with Crippen LogP contribution in [-0.4, -0.2) is 23.1 Å². The summed E-state index contributed by atoms with van der Waals surface area (Å²) < 4.78 is 0. The van der Waals surface area contributed by atoms with Crippen molar-refractivity contribution in [3.63, 3.8) is 0 Å². The van der Waals surface area contributed by atoms with Gasteiger partial charge in [0.2, 0.25) is 0 Å². The van der Waals surface area contributed by atoms with Gasteiger partial charge in [0, 0.05) is 17.6 Å². The minimum absolute atomic E-state index is 0.270. The molecule has 1 aliphatic carbocycles. The van der Waals surface area contributed by atoms with E-state index < -0.39 is 0 Å². The summed E-state index contributed by atoms with van der Waals surface area (Å²) in [5.74, 6) is 1.19. The lowest BCUT2D eigenvalue weighted by Gasteiger charge is -2.40. The summed E-state index contributed by atoms with van der Waals surface area (Å²) in [6.45, 7) is 6.58. The Hall–Kier alpha value is -1.02. The molecule has 1 saturated carbocycles. The topological polar surface area (TPSA) is 23.5 Å². The molecule has 2 heteroatoms. The van der Waals surface area contributed by atoms with Crippen molar-refractivity contribution in [3.8, 4) is 5.75 Å². The molecule has 0 amide bonds. The van der Waals surface area contributed by atoms with Gasteiger partial charge in [0.05, 0.1) is 0 Å². The van der Waals surface area contributed by atoms with Crippen molar-refractivity contribution in [2.45, 2.75) is 58.5 Å². The van der Waals surface area contributed by atoms with Crippen LogP contribution >= 0.6 is 0 Å². The molecule has 3 unspecified atom stereocenters. The van der Waals surface area contributed by atoms with Crippen LogP contribution in [0.2, 0.25) is 0 Å². The second-order valence-corrected chi connectivity index (χ2v) is 6.23. The number of rotatable bonds is 3. The van der Waals surface area contributed by atoms with E-state index in [4.69, 9.17) is 0 Å². The Morgan fingerprint density at radius 3 is 2.58 bits per heavy atom. The first-order valence-electron chi connectivity index (χ1n) is 7.52. The first-order valence-corrected chi connectivity index (χ1v) is 7.52. The zero-order chi connectivity index (χ0) is 14.0. The molecular weight excluding hydrogens is 234 g/mol. The van der Waals surface area contributed by atoms with Gasteiger partial charge in [-0.15, -0.1) is 0 Å². The number of hydrogen-bond donors (Lipinski definition) is 1. The highest BCUT2D eigenvalue weighted by Gasteiger charge is 2.28. The van der Waals surface area contributed by atoms with Crippen molar-refractivity contribution >= 4 is 0 Å². The summed E-state index contributed by atoms with van der Waals surface area (Å²) in [7, 11) is 2.20. The van der Waals surface area contributed by atoms with Crippen LogP contribution in [-0.2, 0) is 0 Å². The smallest absolute Gasteiger partial charge is 0.120 e. The second kappa shape index (κ2) is 5.96. The van der Waals surface area contributed by atoms with Crippen molar-refractivity contribution in [1.29, 1.82) is 0 Å². The van der Waals surface area contributed by atoms with Crippen molar-refractivity contribution in [1.82, 2.24) is 4.90 Å². The first kappa shape index (κ1) is 14.4. The Bertz CT molecular complexity index is 429. The Balaban J connectivity index is 2.15. The SMILES string of the molecule is Cc1ccc(C(C)N(C)C2CCCCC2C)c(O)c1. The van der Waals surface area contributed by atoms with Gasteiger partial charge in [0.15, 0.2) is 0 Å². The van der Waals surface area contributed by atoms with E-state index in [-0.39, 0.29) is 6.04 Å². The van der Waals surface area contributed by atoms with Crippen LogP contribution in [0.4, 0.5) is 0 Å². The van der Waals surface area contributed by atoms with E-state index in [2.05, 4.69) is 37.9 Å². The zero-order valence-corrected chi connectivity index (χ0v) is 12.7. The molecule has 1 aliphatic rings. The number of hydrogen-bond acceptors (Lipinski definition) is 2. The van der Waals surface area contributed by atoms with E-state index in [9.17, 15) is 5.11 Å². The molecular formula is C17H27NO. The highest BCUT2D eigenvalue weighted by Crippen LogP contribution is 2.35. The van der Waals surface area contributed by atoms with Crippen molar-refractivity contribution in [3.05, 3.63) is 29.3 Å². The van der Waals surface area contributed by atoms with Crippen LogP contribution in [0.5, 0.6) is 5.75 Å². The Morgan fingerprint density at radius 2 is 1.95 bits per heavy atom. The lowest BCUT2D eigenvalue weighted by atomic mass is 9.84. The molecule has 0 radical (unpaired) electrons. The monoisotopic (exact) mass is 261 g/mol. The van der Waals surface area contributed by atoms with E-state index in [1.807, 2.05) is 13.0 Å². The van der Waals surface area contributed by atoms with Gasteiger partial charge < -0.3 is 5.11 Å². The number of phenols is 1. The minimum atomic E-state index is 0.270. The normalized spacial score (nSPS) is 25.5. The molecule has 3 atom stereocenters. The third-order valence-electron chi connectivity index (χ3n) is 4.84. The maximum absolute atomic E-state index is 10.1. The van der Waals surface area contributed by atoms with E-state index in [0.29, 0.717) is 11.8 Å². The molecule has 0 heterocycles. The fourth-order valence-electron chi connectivity index (χ4n) is 3.42. The number of phenolic OH excluding ortho intramolecular Hbond substituents is 1. The molecule has 1 aromatic carbocycles. The fraction of sp³-hybridized carbons (Fsp3) is 0.647. The highest BCUT2D eigenvalue weighted by molar-refractivity contribution is 5.37. The maximum Gasteiger partial charge on any atom is 0.120 e. The zero-order valence-electron chi connectivity index (χ0n) is 12.7. The second-order valence-electron chi connectivity index (χ2n) is 6.23. The number of benzene rings is 1. The van der Waals surface area contributed by atoms with Crippen LogP contribution in [0, 0.1) is 12.8 Å². The van der Waals surface area contributed by atoms with Crippen LogP contribution < -0.4 is 0 Å². The van der Waals surface area contributed by atoms with Crippen LogP contribution in [0.3, 0.4) is 0 Å². The van der Waals surface area contributed by atoms with Gasteiger partial charge in [0.25, 0.3) is 0 Å². The molecule has 1 fully saturated rings. The van der Waals surface area contributed by atoms with Gasteiger partial charge in [-0.2, -0.15) is 0 Å². The van der Waals surface area contributed by atoms with Gasteiger partial charge in [-0.3, -0.25) is 4.90 Å². The Morgan fingerprint density at radius 1 is 1.26 bits per heavy atom. The third-order valence-corrected chi connectivity index (χ3v) is 4.84. The summed E-state index contributed by atoms with van der Waals surface area (Å²) >= 11 is 0. The summed E-state index contributed by atoms with van der Waals surface area (Å²) in [6.07, 6.45) is 5.33. The molecule has 0 aliphatic heterocycles. The molecule has 1 aromatic rings. The lowest BCUT2D eigenvalue weighted by Crippen LogP contribution is -2.40. The summed E-state index contributed by atoms with van der Waals surface area (Å²) in [5.41, 5.74) is 2.16. The van der Waals surface area contributed by atoms with E-state index in [1.54, 1.807) is 0 Å². The summed E-state index contributed by atoms with van der Waals surface area (Å²) in [6, 6.07) is 6.93.